The van der Waals surface area contributed by atoms with Crippen LogP contribution >= 0.6 is 0 Å². The number of benzene rings is 1. The van der Waals surface area contributed by atoms with E-state index in [-0.39, 0.29) is 17.9 Å². The maximum Gasteiger partial charge on any atom is 0.244 e. The van der Waals surface area contributed by atoms with Crippen LogP contribution in [0.1, 0.15) is 31.2 Å². The third-order valence-corrected chi connectivity index (χ3v) is 4.23. The summed E-state index contributed by atoms with van der Waals surface area (Å²) in [5.41, 5.74) is 1.86. The van der Waals surface area contributed by atoms with Crippen LogP contribution in [-0.4, -0.2) is 37.6 Å². The van der Waals surface area contributed by atoms with Crippen molar-refractivity contribution in [3.8, 4) is 0 Å². The lowest BCUT2D eigenvalue weighted by atomic mass is 10.2. The first-order valence-corrected chi connectivity index (χ1v) is 8.20. The Labute approximate surface area is 136 Å². The van der Waals surface area contributed by atoms with Gasteiger partial charge in [0.1, 0.15) is 0 Å². The van der Waals surface area contributed by atoms with Crippen LogP contribution in [0.4, 0.5) is 5.69 Å². The van der Waals surface area contributed by atoms with Gasteiger partial charge in [-0.3, -0.25) is 9.59 Å². The van der Waals surface area contributed by atoms with Gasteiger partial charge >= 0.3 is 0 Å². The highest BCUT2D eigenvalue weighted by molar-refractivity contribution is 5.95. The maximum absolute atomic E-state index is 11.8. The fraction of sp³-hybridized carbons (Fsp3) is 0.444. The molecule has 2 aliphatic heterocycles. The Balaban J connectivity index is 1.50. The van der Waals surface area contributed by atoms with Crippen molar-refractivity contribution >= 4 is 23.6 Å². The first-order chi connectivity index (χ1) is 11.2. The van der Waals surface area contributed by atoms with Gasteiger partial charge in [-0.25, -0.2) is 0 Å². The molecule has 122 valence electrons. The second-order valence-corrected chi connectivity index (χ2v) is 5.95. The van der Waals surface area contributed by atoms with Gasteiger partial charge in [-0.15, -0.1) is 0 Å². The van der Waals surface area contributed by atoms with Gasteiger partial charge in [-0.1, -0.05) is 12.1 Å². The Morgan fingerprint density at radius 2 is 2.13 bits per heavy atom. The van der Waals surface area contributed by atoms with E-state index in [1.165, 1.54) is 6.08 Å². The standard InChI is InChI=1S/C18H22N2O3/c21-17(19-13-16-3-2-12-23-16)10-7-14-5-8-15(9-6-14)20-11-1-4-18(20)22/h5-10,16H,1-4,11-13H2,(H,19,21)/b10-7-/t16-/m0/s1. The second kappa shape index (κ2) is 7.42. The topological polar surface area (TPSA) is 58.6 Å². The molecule has 5 heteroatoms. The summed E-state index contributed by atoms with van der Waals surface area (Å²) in [6.07, 6.45) is 7.11. The molecule has 2 heterocycles. The molecule has 2 fully saturated rings. The van der Waals surface area contributed by atoms with E-state index < -0.39 is 0 Å². The fourth-order valence-corrected chi connectivity index (χ4v) is 2.94. The van der Waals surface area contributed by atoms with E-state index in [0.29, 0.717) is 13.0 Å². The van der Waals surface area contributed by atoms with E-state index in [1.54, 1.807) is 6.08 Å². The van der Waals surface area contributed by atoms with Crippen LogP contribution in [0.15, 0.2) is 30.3 Å². The zero-order valence-corrected chi connectivity index (χ0v) is 13.2. The van der Waals surface area contributed by atoms with E-state index in [0.717, 1.165) is 43.7 Å². The molecule has 5 nitrogen and oxygen atoms in total. The number of anilines is 1. The molecule has 0 radical (unpaired) electrons. The summed E-state index contributed by atoms with van der Waals surface area (Å²) in [7, 11) is 0. The van der Waals surface area contributed by atoms with Crippen molar-refractivity contribution < 1.29 is 14.3 Å². The molecule has 0 unspecified atom stereocenters. The van der Waals surface area contributed by atoms with Crippen molar-refractivity contribution in [1.29, 1.82) is 0 Å². The minimum atomic E-state index is -0.112. The van der Waals surface area contributed by atoms with Crippen molar-refractivity contribution in [2.75, 3.05) is 24.6 Å². The van der Waals surface area contributed by atoms with Gasteiger partial charge in [0.25, 0.3) is 0 Å². The predicted molar refractivity (Wildman–Crippen MR) is 89.0 cm³/mol. The van der Waals surface area contributed by atoms with E-state index in [2.05, 4.69) is 5.32 Å². The Kier molecular flexibility index (Phi) is 5.08. The molecule has 1 aromatic rings. The average molecular weight is 314 g/mol. The van der Waals surface area contributed by atoms with Crippen molar-refractivity contribution in [3.63, 3.8) is 0 Å². The van der Waals surface area contributed by atoms with Gasteiger partial charge in [0.15, 0.2) is 0 Å². The van der Waals surface area contributed by atoms with Crippen LogP contribution < -0.4 is 10.2 Å². The molecule has 3 rings (SSSR count). The molecule has 2 amide bonds. The SMILES string of the molecule is O=C(/C=C\c1ccc(N2CCCC2=O)cc1)NC[C@@H]1CCCO1. The van der Waals surface area contributed by atoms with Crippen LogP contribution in [0.2, 0.25) is 0 Å². The molecule has 1 atom stereocenters. The van der Waals surface area contributed by atoms with Gasteiger partial charge < -0.3 is 15.0 Å². The van der Waals surface area contributed by atoms with Crippen molar-refractivity contribution in [3.05, 3.63) is 35.9 Å². The lowest BCUT2D eigenvalue weighted by Gasteiger charge is -2.15. The Bertz CT molecular complexity index is 589. The molecule has 0 aromatic heterocycles. The third-order valence-electron chi connectivity index (χ3n) is 4.23. The van der Waals surface area contributed by atoms with E-state index in [9.17, 15) is 9.59 Å². The summed E-state index contributed by atoms with van der Waals surface area (Å²) in [6, 6.07) is 7.69. The van der Waals surface area contributed by atoms with Crippen LogP contribution in [0.25, 0.3) is 6.08 Å². The van der Waals surface area contributed by atoms with E-state index >= 15 is 0 Å². The van der Waals surface area contributed by atoms with Crippen LogP contribution in [-0.2, 0) is 14.3 Å². The monoisotopic (exact) mass is 314 g/mol. The number of nitrogens with zero attached hydrogens (tertiary/aromatic N) is 1. The smallest absolute Gasteiger partial charge is 0.244 e. The predicted octanol–water partition coefficient (Wildman–Crippen LogP) is 2.12. The summed E-state index contributed by atoms with van der Waals surface area (Å²) in [5.74, 6) is 0.0705. The molecule has 0 saturated carbocycles. The number of carbonyl (C=O) groups excluding carboxylic acids is 2. The molecule has 1 N–H and O–H groups in total. The Hall–Kier alpha value is -2.14. The quantitative estimate of drug-likeness (QED) is 0.847. The Morgan fingerprint density at radius 1 is 1.30 bits per heavy atom. The number of amides is 2. The largest absolute Gasteiger partial charge is 0.376 e. The van der Waals surface area contributed by atoms with Gasteiger partial charge in [0.05, 0.1) is 6.10 Å². The third kappa shape index (κ3) is 4.20. The summed E-state index contributed by atoms with van der Waals surface area (Å²) < 4.78 is 5.47. The number of rotatable bonds is 5. The van der Waals surface area contributed by atoms with Crippen molar-refractivity contribution in [2.45, 2.75) is 31.8 Å². The maximum atomic E-state index is 11.8. The van der Waals surface area contributed by atoms with Crippen molar-refractivity contribution in [1.82, 2.24) is 5.32 Å². The van der Waals surface area contributed by atoms with Gasteiger partial charge in [0, 0.05) is 37.9 Å². The molecule has 2 aliphatic rings. The molecule has 0 aliphatic carbocycles. The molecule has 2 saturated heterocycles. The highest BCUT2D eigenvalue weighted by Crippen LogP contribution is 2.21. The van der Waals surface area contributed by atoms with Gasteiger partial charge in [0.2, 0.25) is 11.8 Å². The highest BCUT2D eigenvalue weighted by Gasteiger charge is 2.21. The van der Waals surface area contributed by atoms with Gasteiger partial charge in [-0.2, -0.15) is 0 Å². The summed E-state index contributed by atoms with van der Waals surface area (Å²) >= 11 is 0. The zero-order valence-electron chi connectivity index (χ0n) is 13.2. The zero-order chi connectivity index (χ0) is 16.1. The molecule has 23 heavy (non-hydrogen) atoms. The molecule has 0 spiro atoms. The molecular weight excluding hydrogens is 292 g/mol. The van der Waals surface area contributed by atoms with E-state index in [4.69, 9.17) is 4.74 Å². The van der Waals surface area contributed by atoms with Crippen LogP contribution in [0.5, 0.6) is 0 Å². The van der Waals surface area contributed by atoms with Crippen molar-refractivity contribution in [2.24, 2.45) is 0 Å². The number of ether oxygens (including phenoxy) is 1. The Morgan fingerprint density at radius 3 is 2.78 bits per heavy atom. The highest BCUT2D eigenvalue weighted by atomic mass is 16.5. The number of hydrogen-bond donors (Lipinski definition) is 1. The molecule has 0 bridgehead atoms. The number of carbonyl (C=O) groups is 2. The number of nitrogens with one attached hydrogen (secondary N) is 1. The normalized spacial score (nSPS) is 21.3. The number of hydrogen-bond acceptors (Lipinski definition) is 3. The minimum Gasteiger partial charge on any atom is -0.376 e. The first-order valence-electron chi connectivity index (χ1n) is 8.20. The average Bonchev–Trinajstić information content (AvgIpc) is 3.23. The van der Waals surface area contributed by atoms with Crippen LogP contribution in [0.3, 0.4) is 0 Å². The summed E-state index contributed by atoms with van der Waals surface area (Å²) in [5, 5.41) is 2.85. The van der Waals surface area contributed by atoms with Crippen LogP contribution in [0, 0.1) is 0 Å². The lowest BCUT2D eigenvalue weighted by molar-refractivity contribution is -0.117. The lowest BCUT2D eigenvalue weighted by Crippen LogP contribution is -2.30. The minimum absolute atomic E-state index is 0.112. The summed E-state index contributed by atoms with van der Waals surface area (Å²) in [6.45, 7) is 2.15. The second-order valence-electron chi connectivity index (χ2n) is 5.95. The van der Waals surface area contributed by atoms with E-state index in [1.807, 2.05) is 29.2 Å². The molecule has 1 aromatic carbocycles. The fourth-order valence-electron chi connectivity index (χ4n) is 2.94. The van der Waals surface area contributed by atoms with Gasteiger partial charge in [-0.05, 0) is 43.0 Å². The summed E-state index contributed by atoms with van der Waals surface area (Å²) in [4.78, 5) is 25.3. The molecular formula is C18H22N2O3. The first kappa shape index (κ1) is 15.7.